The van der Waals surface area contributed by atoms with Crippen LogP contribution in [0.15, 0.2) is 46.9 Å². The average Bonchev–Trinajstić information content (AvgIpc) is 3.32. The number of aliphatic hydroxyl groups is 1. The molecule has 0 saturated carbocycles. The molecule has 2 aromatic carbocycles. The quantitative estimate of drug-likeness (QED) is 0.465. The van der Waals surface area contributed by atoms with Crippen molar-refractivity contribution in [1.29, 1.82) is 0 Å². The molecule has 176 valence electrons. The van der Waals surface area contributed by atoms with Gasteiger partial charge in [-0.05, 0) is 88.3 Å². The molecule has 4 rings (SSSR count). The van der Waals surface area contributed by atoms with Crippen molar-refractivity contribution in [2.45, 2.75) is 31.9 Å². The van der Waals surface area contributed by atoms with Crippen molar-refractivity contribution in [2.24, 2.45) is 0 Å². The normalized spacial score (nSPS) is 20.3. The molecule has 2 heterocycles. The molecule has 0 aliphatic carbocycles. The van der Waals surface area contributed by atoms with Crippen LogP contribution < -0.4 is 20.3 Å². The van der Waals surface area contributed by atoms with Crippen LogP contribution >= 0.6 is 15.9 Å². The maximum Gasteiger partial charge on any atom is 0.329 e. The van der Waals surface area contributed by atoms with E-state index in [0.29, 0.717) is 40.3 Å². The largest absolute Gasteiger partial charge is 0.494 e. The lowest BCUT2D eigenvalue weighted by molar-refractivity contribution is -0.140. The van der Waals surface area contributed by atoms with Gasteiger partial charge in [0, 0.05) is 22.3 Å². The van der Waals surface area contributed by atoms with Crippen molar-refractivity contribution in [3.63, 3.8) is 0 Å². The summed E-state index contributed by atoms with van der Waals surface area (Å²) >= 11 is 3.41. The molecule has 1 fully saturated rings. The maximum absolute atomic E-state index is 13.5. The number of likely N-dealkylation sites (tertiary alicyclic amines) is 1. The van der Waals surface area contributed by atoms with Crippen LogP contribution in [0.25, 0.3) is 0 Å². The van der Waals surface area contributed by atoms with Crippen molar-refractivity contribution >= 4 is 39.2 Å². The highest BCUT2D eigenvalue weighted by Gasteiger charge is 2.52. The maximum atomic E-state index is 13.5. The first-order valence-corrected chi connectivity index (χ1v) is 12.1. The number of carbonyl (C=O) groups is 2. The first-order valence-electron chi connectivity index (χ1n) is 11.3. The van der Waals surface area contributed by atoms with E-state index in [9.17, 15) is 14.7 Å². The van der Waals surface area contributed by atoms with E-state index in [1.807, 2.05) is 6.92 Å². The first-order chi connectivity index (χ1) is 15.9. The van der Waals surface area contributed by atoms with Crippen LogP contribution in [-0.2, 0) is 10.5 Å². The molecule has 0 unspecified atom stereocenters. The number of hydrogen-bond donors (Lipinski definition) is 3. The molecular formula is C24H29BrN4O4. The van der Waals surface area contributed by atoms with Gasteiger partial charge < -0.3 is 25.4 Å². The van der Waals surface area contributed by atoms with Crippen molar-refractivity contribution < 1.29 is 19.4 Å². The molecule has 0 spiro atoms. The Morgan fingerprint density at radius 2 is 1.94 bits per heavy atom. The SMILES string of the molecule is CCOc1ccc(N2C(=O)Nc3ccc(Br)cc3[C@]2(O)C(=O)NCCCN2CCCC2)cc1. The van der Waals surface area contributed by atoms with Gasteiger partial charge in [-0.3, -0.25) is 9.69 Å². The highest BCUT2D eigenvalue weighted by atomic mass is 79.9. The van der Waals surface area contributed by atoms with Crippen LogP contribution in [0.3, 0.4) is 0 Å². The number of rotatable bonds is 8. The Bertz CT molecular complexity index is 1010. The number of carbonyl (C=O) groups excluding carboxylic acids is 2. The van der Waals surface area contributed by atoms with E-state index in [0.717, 1.165) is 31.0 Å². The summed E-state index contributed by atoms with van der Waals surface area (Å²) in [6, 6.07) is 11.2. The van der Waals surface area contributed by atoms with E-state index in [2.05, 4.69) is 31.5 Å². The number of urea groups is 1. The minimum atomic E-state index is -2.22. The van der Waals surface area contributed by atoms with Crippen molar-refractivity contribution in [2.75, 3.05) is 43.0 Å². The summed E-state index contributed by atoms with van der Waals surface area (Å²) in [5.74, 6) is -0.0104. The lowest BCUT2D eigenvalue weighted by atomic mass is 9.94. The van der Waals surface area contributed by atoms with Crippen LogP contribution in [0.5, 0.6) is 5.75 Å². The van der Waals surface area contributed by atoms with Gasteiger partial charge in [-0.2, -0.15) is 0 Å². The van der Waals surface area contributed by atoms with Gasteiger partial charge in [0.1, 0.15) is 5.75 Å². The number of benzene rings is 2. The third-order valence-electron chi connectivity index (χ3n) is 5.98. The number of fused-ring (bicyclic) bond motifs is 1. The Kier molecular flexibility index (Phi) is 7.21. The predicted molar refractivity (Wildman–Crippen MR) is 130 cm³/mol. The summed E-state index contributed by atoms with van der Waals surface area (Å²) in [5.41, 5.74) is -1.17. The van der Waals surface area contributed by atoms with Crippen molar-refractivity contribution in [3.05, 3.63) is 52.5 Å². The second-order valence-electron chi connectivity index (χ2n) is 8.21. The summed E-state index contributed by atoms with van der Waals surface area (Å²) < 4.78 is 6.17. The third-order valence-corrected chi connectivity index (χ3v) is 6.48. The van der Waals surface area contributed by atoms with Gasteiger partial charge >= 0.3 is 6.03 Å². The van der Waals surface area contributed by atoms with Crippen LogP contribution in [0.1, 0.15) is 31.7 Å². The summed E-state index contributed by atoms with van der Waals surface area (Å²) in [4.78, 5) is 30.0. The van der Waals surface area contributed by atoms with E-state index >= 15 is 0 Å². The molecule has 3 amide bonds. The standard InChI is InChI=1S/C24H29BrN4O4/c1-2-33-19-9-7-18(8-10-19)29-23(31)27-21-11-6-17(25)16-20(21)24(29,32)22(30)26-12-5-15-28-13-3-4-14-28/h6-11,16,32H,2-5,12-15H2,1H3,(H,26,30)(H,27,31)/t24-/m0/s1. The van der Waals surface area contributed by atoms with Crippen LogP contribution in [0, 0.1) is 0 Å². The monoisotopic (exact) mass is 516 g/mol. The number of nitrogens with zero attached hydrogens (tertiary/aromatic N) is 2. The molecule has 3 N–H and O–H groups in total. The number of nitrogens with one attached hydrogen (secondary N) is 2. The molecule has 8 nitrogen and oxygen atoms in total. The average molecular weight is 517 g/mol. The Hall–Kier alpha value is -2.62. The van der Waals surface area contributed by atoms with E-state index in [1.165, 1.54) is 12.8 Å². The zero-order chi connectivity index (χ0) is 23.4. The van der Waals surface area contributed by atoms with Gasteiger partial charge in [0.2, 0.25) is 0 Å². The number of halogens is 1. The molecule has 1 saturated heterocycles. The number of anilines is 2. The number of amides is 3. The third kappa shape index (κ3) is 4.85. The lowest BCUT2D eigenvalue weighted by Gasteiger charge is -2.42. The minimum Gasteiger partial charge on any atom is -0.494 e. The fourth-order valence-corrected chi connectivity index (χ4v) is 4.73. The Morgan fingerprint density at radius 3 is 2.64 bits per heavy atom. The summed E-state index contributed by atoms with van der Waals surface area (Å²) in [6.07, 6.45) is 3.19. The topological polar surface area (TPSA) is 94.1 Å². The molecule has 1 atom stereocenters. The zero-order valence-electron chi connectivity index (χ0n) is 18.6. The van der Waals surface area contributed by atoms with Gasteiger partial charge in [0.05, 0.1) is 12.3 Å². The Morgan fingerprint density at radius 1 is 1.21 bits per heavy atom. The molecule has 0 radical (unpaired) electrons. The van der Waals surface area contributed by atoms with E-state index in [1.54, 1.807) is 42.5 Å². The number of ether oxygens (including phenoxy) is 1. The highest BCUT2D eigenvalue weighted by Crippen LogP contribution is 2.41. The molecule has 0 bridgehead atoms. The van der Waals surface area contributed by atoms with Crippen molar-refractivity contribution in [3.8, 4) is 5.75 Å². The van der Waals surface area contributed by atoms with Gasteiger partial charge in [-0.15, -0.1) is 0 Å². The Balaban J connectivity index is 1.62. The molecule has 2 aliphatic rings. The van der Waals surface area contributed by atoms with Gasteiger partial charge in [-0.1, -0.05) is 15.9 Å². The predicted octanol–water partition coefficient (Wildman–Crippen LogP) is 3.65. The second-order valence-corrected chi connectivity index (χ2v) is 9.13. The summed E-state index contributed by atoms with van der Waals surface area (Å²) in [5, 5.41) is 17.5. The molecule has 9 heteroatoms. The van der Waals surface area contributed by atoms with Crippen LogP contribution in [0.2, 0.25) is 0 Å². The van der Waals surface area contributed by atoms with Crippen LogP contribution in [-0.4, -0.2) is 54.7 Å². The van der Waals surface area contributed by atoms with E-state index in [-0.39, 0.29) is 0 Å². The number of hydrogen-bond acceptors (Lipinski definition) is 5. The van der Waals surface area contributed by atoms with Crippen molar-refractivity contribution in [1.82, 2.24) is 10.2 Å². The van der Waals surface area contributed by atoms with E-state index < -0.39 is 17.7 Å². The minimum absolute atomic E-state index is 0.294. The van der Waals surface area contributed by atoms with Crippen LogP contribution in [0.4, 0.5) is 16.2 Å². The summed E-state index contributed by atoms with van der Waals surface area (Å²) in [7, 11) is 0. The first kappa shape index (κ1) is 23.5. The van der Waals surface area contributed by atoms with Gasteiger partial charge in [0.15, 0.2) is 0 Å². The molecule has 2 aromatic rings. The zero-order valence-corrected chi connectivity index (χ0v) is 20.2. The Labute approximate surface area is 202 Å². The van der Waals surface area contributed by atoms with Gasteiger partial charge in [0.25, 0.3) is 11.6 Å². The molecular weight excluding hydrogens is 488 g/mol. The molecule has 2 aliphatic heterocycles. The van der Waals surface area contributed by atoms with E-state index in [4.69, 9.17) is 4.74 Å². The second kappa shape index (κ2) is 10.1. The fraction of sp³-hybridized carbons (Fsp3) is 0.417. The summed E-state index contributed by atoms with van der Waals surface area (Å²) in [6.45, 7) is 5.86. The fourth-order valence-electron chi connectivity index (χ4n) is 4.37. The lowest BCUT2D eigenvalue weighted by Crippen LogP contribution is -2.62. The van der Waals surface area contributed by atoms with Gasteiger partial charge in [-0.25, -0.2) is 4.79 Å². The molecule has 0 aromatic heterocycles. The molecule has 33 heavy (non-hydrogen) atoms. The smallest absolute Gasteiger partial charge is 0.329 e. The highest BCUT2D eigenvalue weighted by molar-refractivity contribution is 9.10.